The van der Waals surface area contributed by atoms with Crippen LogP contribution in [0.25, 0.3) is 0 Å². The van der Waals surface area contributed by atoms with E-state index in [-0.39, 0.29) is 5.56 Å². The molecule has 138 valence electrons. The van der Waals surface area contributed by atoms with E-state index in [1.165, 1.54) is 19.2 Å². The third kappa shape index (κ3) is 3.59. The fourth-order valence-electron chi connectivity index (χ4n) is 3.53. The van der Waals surface area contributed by atoms with Gasteiger partial charge in [-0.05, 0) is 37.1 Å². The maximum Gasteiger partial charge on any atom is 0.320 e. The second-order valence-electron chi connectivity index (χ2n) is 6.19. The van der Waals surface area contributed by atoms with E-state index in [1.54, 1.807) is 23.1 Å². The Balaban J connectivity index is 2.20. The number of carboxylic acid groups (broad SMARTS) is 1. The lowest BCUT2D eigenvalue weighted by Gasteiger charge is -2.33. The van der Waals surface area contributed by atoms with Crippen molar-refractivity contribution < 1.29 is 23.4 Å². The molecule has 3 rings (SSSR count). The summed E-state index contributed by atoms with van der Waals surface area (Å²) in [6, 6.07) is 7.23. The van der Waals surface area contributed by atoms with Gasteiger partial charge in [-0.25, -0.2) is 8.78 Å². The molecule has 2 atom stereocenters. The lowest BCUT2D eigenvalue weighted by molar-refractivity contribution is -0.142. The van der Waals surface area contributed by atoms with Crippen LogP contribution in [-0.4, -0.2) is 35.7 Å². The Hall–Kier alpha value is -1.99. The van der Waals surface area contributed by atoms with Gasteiger partial charge in [-0.1, -0.05) is 22.0 Å². The maximum absolute atomic E-state index is 14.6. The van der Waals surface area contributed by atoms with Crippen molar-refractivity contribution in [3.63, 3.8) is 0 Å². The second kappa shape index (κ2) is 7.72. The van der Waals surface area contributed by atoms with E-state index in [0.29, 0.717) is 30.7 Å². The zero-order valence-corrected chi connectivity index (χ0v) is 15.7. The first-order chi connectivity index (χ1) is 12.4. The summed E-state index contributed by atoms with van der Waals surface area (Å²) >= 11 is 3.40. The number of carboxylic acids is 1. The molecule has 1 aliphatic heterocycles. The van der Waals surface area contributed by atoms with Gasteiger partial charge in [0.1, 0.15) is 23.4 Å². The number of rotatable bonds is 5. The number of hydrogen-bond acceptors (Lipinski definition) is 3. The lowest BCUT2D eigenvalue weighted by atomic mass is 9.95. The predicted octanol–water partition coefficient (Wildman–Crippen LogP) is 4.37. The molecule has 4 nitrogen and oxygen atoms in total. The van der Waals surface area contributed by atoms with Gasteiger partial charge in [0, 0.05) is 28.2 Å². The van der Waals surface area contributed by atoms with Crippen LogP contribution in [0.3, 0.4) is 0 Å². The van der Waals surface area contributed by atoms with E-state index in [0.717, 1.165) is 10.5 Å². The number of aliphatic carboxylic acids is 1. The quantitative estimate of drug-likeness (QED) is 0.772. The predicted molar refractivity (Wildman–Crippen MR) is 96.3 cm³/mol. The average Bonchev–Trinajstić information content (AvgIpc) is 3.07. The summed E-state index contributed by atoms with van der Waals surface area (Å²) in [6.45, 7) is 0.494. The molecule has 1 aliphatic rings. The number of carbonyl (C=O) groups is 1. The molecule has 2 aromatic carbocycles. The number of halogens is 3. The number of benzene rings is 2. The molecule has 0 bridgehead atoms. The molecule has 1 heterocycles. The fourth-order valence-corrected chi connectivity index (χ4v) is 3.91. The highest BCUT2D eigenvalue weighted by molar-refractivity contribution is 9.10. The van der Waals surface area contributed by atoms with Crippen LogP contribution in [0.5, 0.6) is 5.75 Å². The number of nitrogens with zero attached hydrogens (tertiary/aromatic N) is 1. The standard InChI is InChI=1S/C19H18BrF2NO3/c1-26-17-7-4-11(20)9-14(17)18(13-6-5-12(21)10-15(13)22)23-8-2-3-16(23)19(24)25/h4-7,9-10,16,18H,2-3,8H2,1H3,(H,24,25). The molecule has 1 fully saturated rings. The largest absolute Gasteiger partial charge is 0.496 e. The second-order valence-corrected chi connectivity index (χ2v) is 7.10. The summed E-state index contributed by atoms with van der Waals surface area (Å²) < 4.78 is 34.2. The van der Waals surface area contributed by atoms with Gasteiger partial charge in [0.2, 0.25) is 0 Å². The third-order valence-corrected chi connectivity index (χ3v) is 5.15. The molecule has 0 radical (unpaired) electrons. The minimum absolute atomic E-state index is 0.218. The average molecular weight is 426 g/mol. The van der Waals surface area contributed by atoms with Crippen molar-refractivity contribution >= 4 is 21.9 Å². The van der Waals surface area contributed by atoms with E-state index < -0.39 is 29.7 Å². The molecule has 0 spiro atoms. The van der Waals surface area contributed by atoms with Crippen molar-refractivity contribution in [2.24, 2.45) is 0 Å². The van der Waals surface area contributed by atoms with Crippen LogP contribution < -0.4 is 4.74 Å². The summed E-state index contributed by atoms with van der Waals surface area (Å²) in [5.41, 5.74) is 0.844. The number of ether oxygens (including phenoxy) is 1. The number of hydrogen-bond donors (Lipinski definition) is 1. The molecule has 0 aliphatic carbocycles. The van der Waals surface area contributed by atoms with Crippen molar-refractivity contribution in [1.82, 2.24) is 4.90 Å². The molecular weight excluding hydrogens is 408 g/mol. The SMILES string of the molecule is COc1ccc(Br)cc1C(c1ccc(F)cc1F)N1CCCC1C(=O)O. The van der Waals surface area contributed by atoms with Crippen LogP contribution in [0.4, 0.5) is 8.78 Å². The monoisotopic (exact) mass is 425 g/mol. The molecule has 0 aromatic heterocycles. The van der Waals surface area contributed by atoms with Gasteiger partial charge < -0.3 is 9.84 Å². The molecule has 0 saturated carbocycles. The van der Waals surface area contributed by atoms with Gasteiger partial charge in [-0.3, -0.25) is 9.69 Å². The van der Waals surface area contributed by atoms with Crippen molar-refractivity contribution in [3.8, 4) is 5.75 Å². The topological polar surface area (TPSA) is 49.8 Å². The van der Waals surface area contributed by atoms with Gasteiger partial charge in [0.15, 0.2) is 0 Å². The summed E-state index contributed by atoms with van der Waals surface area (Å²) in [7, 11) is 1.50. The van der Waals surface area contributed by atoms with Crippen molar-refractivity contribution in [2.75, 3.05) is 13.7 Å². The molecule has 1 N–H and O–H groups in total. The highest BCUT2D eigenvalue weighted by Crippen LogP contribution is 2.41. The van der Waals surface area contributed by atoms with E-state index in [1.807, 2.05) is 0 Å². The van der Waals surface area contributed by atoms with Crippen LogP contribution in [-0.2, 0) is 4.79 Å². The first kappa shape index (κ1) is 18.8. The zero-order chi connectivity index (χ0) is 18.8. The van der Waals surface area contributed by atoms with E-state index >= 15 is 0 Å². The van der Waals surface area contributed by atoms with Crippen LogP contribution >= 0.6 is 15.9 Å². The molecule has 26 heavy (non-hydrogen) atoms. The van der Waals surface area contributed by atoms with Gasteiger partial charge in [-0.15, -0.1) is 0 Å². The highest BCUT2D eigenvalue weighted by atomic mass is 79.9. The van der Waals surface area contributed by atoms with Gasteiger partial charge in [-0.2, -0.15) is 0 Å². The molecule has 0 amide bonds. The molecular formula is C19H18BrF2NO3. The zero-order valence-electron chi connectivity index (χ0n) is 14.1. The lowest BCUT2D eigenvalue weighted by Crippen LogP contribution is -2.39. The number of methoxy groups -OCH3 is 1. The normalized spacial score (nSPS) is 18.7. The van der Waals surface area contributed by atoms with Gasteiger partial charge in [0.25, 0.3) is 0 Å². The van der Waals surface area contributed by atoms with E-state index in [2.05, 4.69) is 15.9 Å². The number of likely N-dealkylation sites (tertiary alicyclic amines) is 1. The van der Waals surface area contributed by atoms with Crippen molar-refractivity contribution in [3.05, 3.63) is 63.6 Å². The Morgan fingerprint density at radius 3 is 2.69 bits per heavy atom. The minimum Gasteiger partial charge on any atom is -0.496 e. The summed E-state index contributed by atoms with van der Waals surface area (Å²) in [5, 5.41) is 9.58. The van der Waals surface area contributed by atoms with Crippen LogP contribution in [0.1, 0.15) is 30.0 Å². The van der Waals surface area contributed by atoms with Crippen LogP contribution in [0.15, 0.2) is 40.9 Å². The molecule has 2 aromatic rings. The Labute approximate surface area is 158 Å². The third-order valence-electron chi connectivity index (χ3n) is 4.65. The van der Waals surface area contributed by atoms with Crippen molar-refractivity contribution in [2.45, 2.75) is 24.9 Å². The summed E-state index contributed by atoms with van der Waals surface area (Å²) in [4.78, 5) is 13.4. The Morgan fingerprint density at radius 2 is 2.04 bits per heavy atom. The smallest absolute Gasteiger partial charge is 0.320 e. The maximum atomic E-state index is 14.6. The first-order valence-electron chi connectivity index (χ1n) is 8.19. The first-order valence-corrected chi connectivity index (χ1v) is 8.98. The fraction of sp³-hybridized carbons (Fsp3) is 0.316. The van der Waals surface area contributed by atoms with Crippen LogP contribution in [0, 0.1) is 11.6 Å². The molecule has 2 unspecified atom stereocenters. The Kier molecular flexibility index (Phi) is 5.58. The van der Waals surface area contributed by atoms with E-state index in [4.69, 9.17) is 4.74 Å². The van der Waals surface area contributed by atoms with Gasteiger partial charge >= 0.3 is 5.97 Å². The summed E-state index contributed by atoms with van der Waals surface area (Å²) in [6.07, 6.45) is 1.16. The minimum atomic E-state index is -0.955. The Bertz CT molecular complexity index is 830. The molecule has 1 saturated heterocycles. The Morgan fingerprint density at radius 1 is 1.27 bits per heavy atom. The van der Waals surface area contributed by atoms with E-state index in [9.17, 15) is 18.7 Å². The highest BCUT2D eigenvalue weighted by Gasteiger charge is 2.39. The molecule has 7 heteroatoms. The van der Waals surface area contributed by atoms with Crippen LogP contribution in [0.2, 0.25) is 0 Å². The summed E-state index contributed by atoms with van der Waals surface area (Å²) in [5.74, 6) is -1.84. The van der Waals surface area contributed by atoms with Crippen molar-refractivity contribution in [1.29, 1.82) is 0 Å². The van der Waals surface area contributed by atoms with Gasteiger partial charge in [0.05, 0.1) is 13.2 Å².